The van der Waals surface area contributed by atoms with Crippen LogP contribution in [0.15, 0.2) is 42.6 Å². The summed E-state index contributed by atoms with van der Waals surface area (Å²) < 4.78 is 1.35. The molecule has 0 spiro atoms. The third kappa shape index (κ3) is 5.49. The highest BCUT2D eigenvalue weighted by Crippen LogP contribution is 2.30. The van der Waals surface area contributed by atoms with Gasteiger partial charge in [0.15, 0.2) is 5.69 Å². The lowest BCUT2D eigenvalue weighted by molar-refractivity contribution is 0.0689. The fourth-order valence-corrected chi connectivity index (χ4v) is 3.57. The number of carboxylic acid groups (broad SMARTS) is 1. The fraction of sp³-hybridized carbons (Fsp3) is 0.360. The predicted octanol–water partition coefficient (Wildman–Crippen LogP) is 3.84. The number of carbonyl (C=O) groups is 2. The summed E-state index contributed by atoms with van der Waals surface area (Å²) in [6.07, 6.45) is 1.31. The molecular formula is C25H31N5O4. The second-order valence-corrected chi connectivity index (χ2v) is 9.51. The Morgan fingerprint density at radius 3 is 2.38 bits per heavy atom. The first kappa shape index (κ1) is 25.1. The Labute approximate surface area is 199 Å². The second-order valence-electron chi connectivity index (χ2n) is 9.51. The summed E-state index contributed by atoms with van der Waals surface area (Å²) >= 11 is 0. The molecule has 0 unspecified atom stereocenters. The molecule has 0 aliphatic carbocycles. The highest BCUT2D eigenvalue weighted by Gasteiger charge is 2.23. The van der Waals surface area contributed by atoms with Crippen molar-refractivity contribution < 1.29 is 19.5 Å². The number of anilines is 1. The normalized spacial score (nSPS) is 11.6. The fourth-order valence-electron chi connectivity index (χ4n) is 3.57. The van der Waals surface area contributed by atoms with Crippen LogP contribution >= 0.6 is 0 Å². The number of nitrogens with zero attached hydrogens (tertiary/aromatic N) is 5. The van der Waals surface area contributed by atoms with Crippen LogP contribution < -0.4 is 5.06 Å². The Bertz CT molecular complexity index is 1210. The molecule has 0 aliphatic rings. The molecule has 180 valence electrons. The Morgan fingerprint density at radius 2 is 1.82 bits per heavy atom. The number of amides is 1. The lowest BCUT2D eigenvalue weighted by Gasteiger charge is -2.26. The molecule has 1 amide bonds. The summed E-state index contributed by atoms with van der Waals surface area (Å²) in [7, 11) is 5.45. The predicted molar refractivity (Wildman–Crippen MR) is 129 cm³/mol. The van der Waals surface area contributed by atoms with Crippen molar-refractivity contribution in [1.29, 1.82) is 0 Å². The average molecular weight is 466 g/mol. The molecule has 1 aromatic heterocycles. The summed E-state index contributed by atoms with van der Waals surface area (Å²) in [5.41, 5.74) is 4.22. The van der Waals surface area contributed by atoms with Crippen molar-refractivity contribution in [3.05, 3.63) is 70.5 Å². The molecular weight excluding hydrogens is 434 g/mol. The maximum absolute atomic E-state index is 13.5. The van der Waals surface area contributed by atoms with Gasteiger partial charge in [0.05, 0.1) is 24.7 Å². The molecule has 0 bridgehead atoms. The van der Waals surface area contributed by atoms with Gasteiger partial charge >= 0.3 is 5.97 Å². The molecule has 0 fully saturated rings. The molecule has 3 aromatic rings. The topological polar surface area (TPSA) is 101 Å². The largest absolute Gasteiger partial charge is 0.476 e. The van der Waals surface area contributed by atoms with Crippen molar-refractivity contribution >= 4 is 17.6 Å². The lowest BCUT2D eigenvalue weighted by Crippen LogP contribution is -2.30. The van der Waals surface area contributed by atoms with E-state index in [-0.39, 0.29) is 17.0 Å². The molecule has 34 heavy (non-hydrogen) atoms. The molecule has 9 heteroatoms. The molecule has 3 rings (SSSR count). The summed E-state index contributed by atoms with van der Waals surface area (Å²) in [5.74, 6) is -1.53. The zero-order valence-corrected chi connectivity index (χ0v) is 20.7. The first-order valence-electron chi connectivity index (χ1n) is 10.8. The van der Waals surface area contributed by atoms with Crippen LogP contribution in [0.1, 0.15) is 58.3 Å². The van der Waals surface area contributed by atoms with Crippen LogP contribution in [0.4, 0.5) is 5.69 Å². The third-order valence-corrected chi connectivity index (χ3v) is 5.36. The van der Waals surface area contributed by atoms with Gasteiger partial charge in [-0.3, -0.25) is 9.63 Å². The number of aromatic carboxylic acids is 1. The minimum Gasteiger partial charge on any atom is -0.476 e. The van der Waals surface area contributed by atoms with E-state index in [1.165, 1.54) is 23.1 Å². The maximum atomic E-state index is 13.5. The van der Waals surface area contributed by atoms with Gasteiger partial charge in [-0.1, -0.05) is 38.1 Å². The van der Waals surface area contributed by atoms with E-state index in [1.54, 1.807) is 18.2 Å². The van der Waals surface area contributed by atoms with Crippen LogP contribution in [-0.2, 0) is 16.8 Å². The number of aryl methyl sites for hydroxylation is 1. The Kier molecular flexibility index (Phi) is 7.18. The Balaban J connectivity index is 2.04. The molecule has 1 N–H and O–H groups in total. The van der Waals surface area contributed by atoms with Gasteiger partial charge in [-0.2, -0.15) is 5.06 Å². The maximum Gasteiger partial charge on any atom is 0.358 e. The summed E-state index contributed by atoms with van der Waals surface area (Å²) in [6, 6.07) is 11.2. The number of hydroxylamine groups is 1. The minimum absolute atomic E-state index is 0.120. The van der Waals surface area contributed by atoms with E-state index < -0.39 is 5.97 Å². The smallest absolute Gasteiger partial charge is 0.358 e. The molecule has 0 saturated heterocycles. The zero-order chi connectivity index (χ0) is 25.2. The molecule has 0 atom stereocenters. The van der Waals surface area contributed by atoms with Crippen molar-refractivity contribution in [2.75, 3.05) is 26.3 Å². The molecule has 2 aromatic carbocycles. The van der Waals surface area contributed by atoms with Crippen molar-refractivity contribution in [3.8, 4) is 5.69 Å². The quantitative estimate of drug-likeness (QED) is 0.529. The van der Waals surface area contributed by atoms with E-state index in [0.29, 0.717) is 16.9 Å². The number of benzene rings is 2. The molecule has 1 heterocycles. The first-order valence-corrected chi connectivity index (χ1v) is 10.8. The van der Waals surface area contributed by atoms with Crippen LogP contribution in [0.3, 0.4) is 0 Å². The van der Waals surface area contributed by atoms with Crippen LogP contribution in [0.5, 0.6) is 0 Å². The molecule has 0 saturated carbocycles. The van der Waals surface area contributed by atoms with E-state index in [2.05, 4.69) is 42.0 Å². The van der Waals surface area contributed by atoms with E-state index in [9.17, 15) is 9.59 Å². The Morgan fingerprint density at radius 1 is 1.12 bits per heavy atom. The number of rotatable bonds is 7. The van der Waals surface area contributed by atoms with Crippen LogP contribution in [0, 0.1) is 6.92 Å². The van der Waals surface area contributed by atoms with Gasteiger partial charge in [0.25, 0.3) is 5.91 Å². The third-order valence-electron chi connectivity index (χ3n) is 5.36. The number of hydrogen-bond donors (Lipinski definition) is 1. The van der Waals surface area contributed by atoms with Gasteiger partial charge in [-0.15, -0.1) is 5.10 Å². The van der Waals surface area contributed by atoms with Gasteiger partial charge in [-0.05, 0) is 67.4 Å². The van der Waals surface area contributed by atoms with Gasteiger partial charge in [0.2, 0.25) is 0 Å². The number of carbonyl (C=O) groups excluding carboxylic acids is 1. The van der Waals surface area contributed by atoms with Crippen molar-refractivity contribution in [1.82, 2.24) is 19.9 Å². The average Bonchev–Trinajstić information content (AvgIpc) is 3.23. The highest BCUT2D eigenvalue weighted by atomic mass is 16.7. The number of hydrogen-bond acceptors (Lipinski definition) is 6. The standard InChI is InChI=1S/C25H31N5O4/c1-16-8-9-18(12-22(16)29-15-21(24(32)33)26-27-29)23(31)30(34-7)20-11-17(14-28(5)6)10-19(13-20)25(2,3)4/h8-13,15H,14H2,1-7H3,(H,32,33). The lowest BCUT2D eigenvalue weighted by atomic mass is 9.85. The van der Waals surface area contributed by atoms with E-state index in [4.69, 9.17) is 9.94 Å². The molecule has 9 nitrogen and oxygen atoms in total. The summed E-state index contributed by atoms with van der Waals surface area (Å²) in [4.78, 5) is 32.3. The van der Waals surface area contributed by atoms with Crippen molar-refractivity contribution in [2.24, 2.45) is 0 Å². The van der Waals surface area contributed by atoms with Crippen molar-refractivity contribution in [3.63, 3.8) is 0 Å². The van der Waals surface area contributed by atoms with E-state index >= 15 is 0 Å². The molecule has 0 aliphatic heterocycles. The Hall–Kier alpha value is -3.56. The van der Waals surface area contributed by atoms with Crippen LogP contribution in [0.25, 0.3) is 5.69 Å². The van der Waals surface area contributed by atoms with Gasteiger partial charge in [-0.25, -0.2) is 9.48 Å². The summed E-state index contributed by atoms with van der Waals surface area (Å²) in [5, 5.41) is 18.0. The van der Waals surface area contributed by atoms with Gasteiger partial charge in [0, 0.05) is 12.1 Å². The van der Waals surface area contributed by atoms with Gasteiger partial charge in [0.1, 0.15) is 0 Å². The second kappa shape index (κ2) is 9.74. The van der Waals surface area contributed by atoms with E-state index in [1.807, 2.05) is 33.2 Å². The zero-order valence-electron chi connectivity index (χ0n) is 20.7. The van der Waals surface area contributed by atoms with Crippen molar-refractivity contribution in [2.45, 2.75) is 39.7 Å². The number of aromatic nitrogens is 3. The monoisotopic (exact) mass is 465 g/mol. The number of carboxylic acids is 1. The first-order chi connectivity index (χ1) is 15.9. The summed E-state index contributed by atoms with van der Waals surface area (Å²) in [6.45, 7) is 8.94. The molecule has 0 radical (unpaired) electrons. The van der Waals surface area contributed by atoms with E-state index in [0.717, 1.165) is 23.2 Å². The minimum atomic E-state index is -1.17. The van der Waals surface area contributed by atoms with Crippen LogP contribution in [-0.4, -0.2) is 58.1 Å². The van der Waals surface area contributed by atoms with Gasteiger partial charge < -0.3 is 10.0 Å². The van der Waals surface area contributed by atoms with Crippen LogP contribution in [0.2, 0.25) is 0 Å². The highest BCUT2D eigenvalue weighted by molar-refractivity contribution is 6.05. The SMILES string of the molecule is CON(C(=O)c1ccc(C)c(-n2cc(C(=O)O)nn2)c1)c1cc(CN(C)C)cc(C(C)(C)C)c1.